The molecule has 0 saturated carbocycles. The number of amides is 2. The number of nitrogens with two attached hydrogens (primary N) is 1. The molecule has 1 fully saturated rings. The maximum atomic E-state index is 12.1. The van der Waals surface area contributed by atoms with Crippen molar-refractivity contribution in [2.75, 3.05) is 19.6 Å². The Morgan fingerprint density at radius 1 is 1.12 bits per heavy atom. The Kier molecular flexibility index (Phi) is 6.11. The van der Waals surface area contributed by atoms with Gasteiger partial charge < -0.3 is 20.1 Å². The first-order valence-corrected chi connectivity index (χ1v) is 7.82. The van der Waals surface area contributed by atoms with Crippen LogP contribution in [-0.4, -0.2) is 51.4 Å². The second-order valence-electron chi connectivity index (χ2n) is 5.52. The SMILES string of the molecule is CCN1CCN(Cc2nc(-c3ccc(CN)cc3)no2)C(=O)C1=O.Cl. The monoisotopic (exact) mass is 365 g/mol. The number of benzene rings is 1. The molecule has 0 atom stereocenters. The number of hydrogen-bond acceptors (Lipinski definition) is 6. The first kappa shape index (κ1) is 18.9. The Balaban J connectivity index is 0.00000225. The van der Waals surface area contributed by atoms with E-state index in [-0.39, 0.29) is 19.0 Å². The van der Waals surface area contributed by atoms with Crippen molar-refractivity contribution in [3.63, 3.8) is 0 Å². The fourth-order valence-corrected chi connectivity index (χ4v) is 2.56. The third kappa shape index (κ3) is 3.97. The van der Waals surface area contributed by atoms with E-state index in [1.807, 2.05) is 31.2 Å². The van der Waals surface area contributed by atoms with E-state index in [1.165, 1.54) is 9.80 Å². The Bertz CT molecular complexity index is 746. The lowest BCUT2D eigenvalue weighted by Gasteiger charge is -2.32. The van der Waals surface area contributed by atoms with Crippen molar-refractivity contribution in [1.29, 1.82) is 0 Å². The molecule has 2 heterocycles. The van der Waals surface area contributed by atoms with Crippen molar-refractivity contribution < 1.29 is 14.1 Å². The van der Waals surface area contributed by atoms with Gasteiger partial charge in [-0.05, 0) is 12.5 Å². The summed E-state index contributed by atoms with van der Waals surface area (Å²) in [6.07, 6.45) is 0. The van der Waals surface area contributed by atoms with Crippen LogP contribution in [-0.2, 0) is 22.7 Å². The molecule has 1 aromatic heterocycles. The van der Waals surface area contributed by atoms with Crippen LogP contribution in [0.25, 0.3) is 11.4 Å². The van der Waals surface area contributed by atoms with E-state index in [9.17, 15) is 9.59 Å². The van der Waals surface area contributed by atoms with Gasteiger partial charge in [0.1, 0.15) is 6.54 Å². The van der Waals surface area contributed by atoms with Crippen molar-refractivity contribution in [2.45, 2.75) is 20.0 Å². The summed E-state index contributed by atoms with van der Waals surface area (Å²) in [6.45, 7) is 3.96. The molecular weight excluding hydrogens is 346 g/mol. The van der Waals surface area contributed by atoms with E-state index in [1.54, 1.807) is 0 Å². The maximum Gasteiger partial charge on any atom is 0.312 e. The van der Waals surface area contributed by atoms with Crippen molar-refractivity contribution in [3.05, 3.63) is 35.7 Å². The fraction of sp³-hybridized carbons (Fsp3) is 0.375. The highest BCUT2D eigenvalue weighted by atomic mass is 35.5. The van der Waals surface area contributed by atoms with Gasteiger partial charge in [0.2, 0.25) is 11.7 Å². The Morgan fingerprint density at radius 3 is 2.40 bits per heavy atom. The van der Waals surface area contributed by atoms with Crippen LogP contribution in [0.3, 0.4) is 0 Å². The van der Waals surface area contributed by atoms with Gasteiger partial charge in [-0.15, -0.1) is 12.4 Å². The second-order valence-corrected chi connectivity index (χ2v) is 5.52. The highest BCUT2D eigenvalue weighted by Crippen LogP contribution is 2.17. The van der Waals surface area contributed by atoms with Crippen LogP contribution in [0, 0.1) is 0 Å². The molecule has 2 N–H and O–H groups in total. The molecule has 3 rings (SSSR count). The minimum absolute atomic E-state index is 0. The van der Waals surface area contributed by atoms with Gasteiger partial charge in [0, 0.05) is 31.7 Å². The normalized spacial score (nSPS) is 14.6. The van der Waals surface area contributed by atoms with E-state index in [4.69, 9.17) is 10.3 Å². The molecule has 25 heavy (non-hydrogen) atoms. The van der Waals surface area contributed by atoms with Crippen LogP contribution >= 0.6 is 12.4 Å². The molecule has 9 heteroatoms. The Labute approximate surface area is 151 Å². The molecule has 1 aromatic carbocycles. The zero-order chi connectivity index (χ0) is 17.1. The van der Waals surface area contributed by atoms with E-state index in [0.717, 1.165) is 11.1 Å². The molecule has 0 unspecified atom stereocenters. The van der Waals surface area contributed by atoms with Crippen LogP contribution in [0.1, 0.15) is 18.4 Å². The van der Waals surface area contributed by atoms with E-state index < -0.39 is 11.8 Å². The topological polar surface area (TPSA) is 106 Å². The lowest BCUT2D eigenvalue weighted by Crippen LogP contribution is -2.53. The second kappa shape index (κ2) is 8.09. The fourth-order valence-electron chi connectivity index (χ4n) is 2.56. The van der Waals surface area contributed by atoms with Crippen molar-refractivity contribution in [3.8, 4) is 11.4 Å². The van der Waals surface area contributed by atoms with Crippen LogP contribution < -0.4 is 5.73 Å². The van der Waals surface area contributed by atoms with Gasteiger partial charge in [-0.1, -0.05) is 29.4 Å². The zero-order valence-corrected chi connectivity index (χ0v) is 14.7. The molecule has 0 bridgehead atoms. The number of likely N-dealkylation sites (N-methyl/N-ethyl adjacent to an activating group) is 1. The van der Waals surface area contributed by atoms with E-state index in [0.29, 0.717) is 37.9 Å². The molecule has 8 nitrogen and oxygen atoms in total. The summed E-state index contributed by atoms with van der Waals surface area (Å²) in [5, 5.41) is 3.93. The summed E-state index contributed by atoms with van der Waals surface area (Å²) in [5.41, 5.74) is 7.39. The number of rotatable bonds is 5. The van der Waals surface area contributed by atoms with Gasteiger partial charge in [-0.2, -0.15) is 4.98 Å². The quantitative estimate of drug-likeness (QED) is 0.786. The molecule has 1 aliphatic heterocycles. The lowest BCUT2D eigenvalue weighted by molar-refractivity contribution is -0.156. The van der Waals surface area contributed by atoms with E-state index >= 15 is 0 Å². The van der Waals surface area contributed by atoms with Gasteiger partial charge >= 0.3 is 11.8 Å². The number of piperazine rings is 1. The number of halogens is 1. The molecule has 0 radical (unpaired) electrons. The Hall–Kier alpha value is -2.45. The molecule has 1 saturated heterocycles. The first-order chi connectivity index (χ1) is 11.6. The summed E-state index contributed by atoms with van der Waals surface area (Å²) in [4.78, 5) is 31.2. The smallest absolute Gasteiger partial charge is 0.312 e. The summed E-state index contributed by atoms with van der Waals surface area (Å²) in [6, 6.07) is 7.53. The highest BCUT2D eigenvalue weighted by molar-refractivity contribution is 6.35. The van der Waals surface area contributed by atoms with Crippen molar-refractivity contribution in [2.24, 2.45) is 5.73 Å². The molecule has 134 valence electrons. The standard InChI is InChI=1S/C16H19N5O3.ClH/c1-2-20-7-8-21(16(23)15(20)22)10-13-18-14(19-24-13)12-5-3-11(9-17)4-6-12;/h3-6H,2,7-10,17H2,1H3;1H. The number of hydrogen-bond donors (Lipinski definition) is 1. The predicted molar refractivity (Wildman–Crippen MR) is 92.5 cm³/mol. The number of carbonyl (C=O) groups is 2. The van der Waals surface area contributed by atoms with Crippen LogP contribution in [0.2, 0.25) is 0 Å². The number of nitrogens with zero attached hydrogens (tertiary/aromatic N) is 4. The highest BCUT2D eigenvalue weighted by Gasteiger charge is 2.32. The molecule has 2 aromatic rings. The number of aromatic nitrogens is 2. The average Bonchev–Trinajstić information content (AvgIpc) is 3.08. The third-order valence-corrected chi connectivity index (χ3v) is 4.02. The third-order valence-electron chi connectivity index (χ3n) is 4.02. The van der Waals surface area contributed by atoms with Gasteiger partial charge in [0.25, 0.3) is 0 Å². The van der Waals surface area contributed by atoms with Crippen LogP contribution in [0.15, 0.2) is 28.8 Å². The molecular formula is C16H20ClN5O3. The van der Waals surface area contributed by atoms with Gasteiger partial charge in [-0.3, -0.25) is 9.59 Å². The summed E-state index contributed by atoms with van der Waals surface area (Å²) in [5.74, 6) is -0.269. The average molecular weight is 366 g/mol. The molecule has 1 aliphatic rings. The summed E-state index contributed by atoms with van der Waals surface area (Å²) in [7, 11) is 0. The van der Waals surface area contributed by atoms with Crippen LogP contribution in [0.4, 0.5) is 0 Å². The summed E-state index contributed by atoms with van der Waals surface area (Å²) < 4.78 is 5.21. The minimum atomic E-state index is -0.532. The predicted octanol–water partition coefficient (Wildman–Crippen LogP) is 0.808. The maximum absolute atomic E-state index is 12.1. The van der Waals surface area contributed by atoms with E-state index in [2.05, 4.69) is 10.1 Å². The lowest BCUT2D eigenvalue weighted by atomic mass is 10.1. The zero-order valence-electron chi connectivity index (χ0n) is 13.8. The van der Waals surface area contributed by atoms with Gasteiger partial charge in [0.05, 0.1) is 0 Å². The minimum Gasteiger partial charge on any atom is -0.337 e. The summed E-state index contributed by atoms with van der Waals surface area (Å²) >= 11 is 0. The van der Waals surface area contributed by atoms with Gasteiger partial charge in [0.15, 0.2) is 0 Å². The molecule has 2 amide bonds. The largest absolute Gasteiger partial charge is 0.337 e. The van der Waals surface area contributed by atoms with Gasteiger partial charge in [-0.25, -0.2) is 0 Å². The molecule has 0 spiro atoms. The van der Waals surface area contributed by atoms with Crippen molar-refractivity contribution >= 4 is 24.2 Å². The Morgan fingerprint density at radius 2 is 1.76 bits per heavy atom. The molecule has 0 aliphatic carbocycles. The first-order valence-electron chi connectivity index (χ1n) is 7.82. The van der Waals surface area contributed by atoms with Crippen LogP contribution in [0.5, 0.6) is 0 Å². The number of carbonyl (C=O) groups excluding carboxylic acids is 2. The van der Waals surface area contributed by atoms with Crippen molar-refractivity contribution in [1.82, 2.24) is 19.9 Å².